The fraction of sp³-hybridized carbons (Fsp3) is 0.385. The van der Waals surface area contributed by atoms with E-state index in [1.165, 1.54) is 0 Å². The Balaban J connectivity index is 3.11. The lowest BCUT2D eigenvalue weighted by Gasteiger charge is -2.09. The molecule has 0 saturated carbocycles. The molecule has 1 rings (SSSR count). The first-order valence-corrected chi connectivity index (χ1v) is 7.00. The van der Waals surface area contributed by atoms with Crippen LogP contribution >= 0.6 is 27.5 Å². The molecule has 3 nitrogen and oxygen atoms in total. The fourth-order valence-corrected chi connectivity index (χ4v) is 1.98. The van der Waals surface area contributed by atoms with E-state index < -0.39 is 5.97 Å². The maximum absolute atomic E-state index is 11.8. The molecule has 1 aromatic carbocycles. The molecular formula is C13H14BrClO3. The molecule has 1 atom stereocenters. The molecular weight excluding hydrogens is 319 g/mol. The van der Waals surface area contributed by atoms with E-state index in [2.05, 4.69) is 15.9 Å². The van der Waals surface area contributed by atoms with Gasteiger partial charge in [-0.3, -0.25) is 4.79 Å². The van der Waals surface area contributed by atoms with Crippen LogP contribution in [0.4, 0.5) is 0 Å². The lowest BCUT2D eigenvalue weighted by Crippen LogP contribution is -2.13. The number of ether oxygens (including phenoxy) is 1. The summed E-state index contributed by atoms with van der Waals surface area (Å²) in [6, 6.07) is 4.83. The van der Waals surface area contributed by atoms with Crippen molar-refractivity contribution < 1.29 is 14.3 Å². The van der Waals surface area contributed by atoms with Gasteiger partial charge in [0.1, 0.15) is 0 Å². The highest BCUT2D eigenvalue weighted by Gasteiger charge is 2.17. The topological polar surface area (TPSA) is 43.4 Å². The first-order chi connectivity index (χ1) is 8.51. The van der Waals surface area contributed by atoms with Gasteiger partial charge in [-0.05, 0) is 31.5 Å². The molecule has 5 heteroatoms. The predicted octanol–water partition coefficient (Wildman–Crippen LogP) is 3.57. The van der Waals surface area contributed by atoms with Crippen LogP contribution in [-0.2, 0) is 10.6 Å². The standard InChI is InChI=1S/C13H14BrClO3/c1-3-18-13(17)11-5-4-9(6-10(11)7-15)12(16)8(2)14/h4-6,8H,3,7H2,1-2H3. The van der Waals surface area contributed by atoms with E-state index in [-0.39, 0.29) is 16.5 Å². The third-order valence-electron chi connectivity index (χ3n) is 2.39. The summed E-state index contributed by atoms with van der Waals surface area (Å²) < 4.78 is 4.93. The largest absolute Gasteiger partial charge is 0.462 e. The minimum absolute atomic E-state index is 0.0447. The summed E-state index contributed by atoms with van der Waals surface area (Å²) >= 11 is 9.02. The monoisotopic (exact) mass is 332 g/mol. The molecule has 0 aliphatic carbocycles. The van der Waals surface area contributed by atoms with Gasteiger partial charge < -0.3 is 4.74 Å². The molecule has 0 bridgehead atoms. The van der Waals surface area contributed by atoms with E-state index in [4.69, 9.17) is 16.3 Å². The van der Waals surface area contributed by atoms with Crippen molar-refractivity contribution in [3.05, 3.63) is 34.9 Å². The molecule has 0 aromatic heterocycles. The van der Waals surface area contributed by atoms with Gasteiger partial charge in [0.2, 0.25) is 0 Å². The molecule has 1 aromatic rings. The normalized spacial score (nSPS) is 12.0. The molecule has 0 N–H and O–H groups in total. The molecule has 0 aliphatic rings. The third-order valence-corrected chi connectivity index (χ3v) is 3.09. The van der Waals surface area contributed by atoms with Crippen molar-refractivity contribution in [2.75, 3.05) is 6.61 Å². The van der Waals surface area contributed by atoms with Gasteiger partial charge in [0.05, 0.1) is 17.0 Å². The quantitative estimate of drug-likeness (QED) is 0.470. The van der Waals surface area contributed by atoms with Crippen LogP contribution in [0.3, 0.4) is 0 Å². The van der Waals surface area contributed by atoms with Crippen molar-refractivity contribution >= 4 is 39.3 Å². The lowest BCUT2D eigenvalue weighted by molar-refractivity contribution is 0.0525. The van der Waals surface area contributed by atoms with Crippen molar-refractivity contribution in [1.82, 2.24) is 0 Å². The predicted molar refractivity (Wildman–Crippen MR) is 74.7 cm³/mol. The van der Waals surface area contributed by atoms with Gasteiger partial charge in [-0.25, -0.2) is 4.79 Å². The fourth-order valence-electron chi connectivity index (χ4n) is 1.50. The SMILES string of the molecule is CCOC(=O)c1ccc(C(=O)C(C)Br)cc1CCl. The van der Waals surface area contributed by atoms with Crippen LogP contribution in [0.25, 0.3) is 0 Å². The van der Waals surface area contributed by atoms with E-state index in [0.29, 0.717) is 23.3 Å². The minimum atomic E-state index is -0.418. The molecule has 98 valence electrons. The average molecular weight is 334 g/mol. The van der Waals surface area contributed by atoms with Gasteiger partial charge in [-0.15, -0.1) is 11.6 Å². The van der Waals surface area contributed by atoms with E-state index in [0.717, 1.165) is 0 Å². The highest BCUT2D eigenvalue weighted by Crippen LogP contribution is 2.18. The molecule has 0 saturated heterocycles. The van der Waals surface area contributed by atoms with Crippen LogP contribution in [0.1, 0.15) is 40.1 Å². The molecule has 0 aliphatic heterocycles. The minimum Gasteiger partial charge on any atom is -0.462 e. The number of esters is 1. The number of benzene rings is 1. The molecule has 0 amide bonds. The summed E-state index contributed by atoms with van der Waals surface area (Å²) in [5.41, 5.74) is 1.54. The van der Waals surface area contributed by atoms with Crippen LogP contribution in [0, 0.1) is 0 Å². The van der Waals surface area contributed by atoms with Crippen LogP contribution in [0.5, 0.6) is 0 Å². The van der Waals surface area contributed by atoms with E-state index >= 15 is 0 Å². The number of halogens is 2. The number of carbonyl (C=O) groups is 2. The Kier molecular flexibility index (Phi) is 5.82. The smallest absolute Gasteiger partial charge is 0.338 e. The van der Waals surface area contributed by atoms with Crippen molar-refractivity contribution in [2.24, 2.45) is 0 Å². The summed E-state index contributed by atoms with van der Waals surface area (Å²) in [6.07, 6.45) is 0. The van der Waals surface area contributed by atoms with E-state index in [1.54, 1.807) is 32.0 Å². The molecule has 0 radical (unpaired) electrons. The Morgan fingerprint density at radius 3 is 2.61 bits per heavy atom. The summed E-state index contributed by atoms with van der Waals surface area (Å²) in [6.45, 7) is 3.80. The molecule has 0 spiro atoms. The van der Waals surface area contributed by atoms with Gasteiger partial charge in [-0.1, -0.05) is 22.0 Å². The number of alkyl halides is 2. The Morgan fingerprint density at radius 2 is 2.11 bits per heavy atom. The van der Waals surface area contributed by atoms with Gasteiger partial charge in [0.15, 0.2) is 5.78 Å². The molecule has 0 heterocycles. The van der Waals surface area contributed by atoms with Crippen LogP contribution in [0.2, 0.25) is 0 Å². The third kappa shape index (κ3) is 3.56. The number of hydrogen-bond acceptors (Lipinski definition) is 3. The summed E-state index contributed by atoms with van der Waals surface area (Å²) in [5, 5.41) is 0. The summed E-state index contributed by atoms with van der Waals surface area (Å²) in [7, 11) is 0. The zero-order valence-corrected chi connectivity index (χ0v) is 12.5. The average Bonchev–Trinajstić information content (AvgIpc) is 2.37. The van der Waals surface area contributed by atoms with Crippen LogP contribution in [0.15, 0.2) is 18.2 Å². The lowest BCUT2D eigenvalue weighted by atomic mass is 10.0. The number of hydrogen-bond donors (Lipinski definition) is 0. The second-order valence-electron chi connectivity index (χ2n) is 3.71. The van der Waals surface area contributed by atoms with Crippen molar-refractivity contribution in [1.29, 1.82) is 0 Å². The highest BCUT2D eigenvalue weighted by atomic mass is 79.9. The zero-order valence-electron chi connectivity index (χ0n) is 10.2. The van der Waals surface area contributed by atoms with E-state index in [1.807, 2.05) is 0 Å². The Bertz CT molecular complexity index is 458. The Labute approximate surface area is 120 Å². The Hall–Kier alpha value is -0.870. The first-order valence-electron chi connectivity index (χ1n) is 5.55. The van der Waals surface area contributed by atoms with Crippen molar-refractivity contribution in [3.63, 3.8) is 0 Å². The second kappa shape index (κ2) is 6.90. The molecule has 18 heavy (non-hydrogen) atoms. The van der Waals surface area contributed by atoms with Gasteiger partial charge >= 0.3 is 5.97 Å². The van der Waals surface area contributed by atoms with Crippen molar-refractivity contribution in [3.8, 4) is 0 Å². The summed E-state index contributed by atoms with van der Waals surface area (Å²) in [4.78, 5) is 23.2. The van der Waals surface area contributed by atoms with Gasteiger partial charge in [0.25, 0.3) is 0 Å². The number of ketones is 1. The molecule has 0 fully saturated rings. The van der Waals surface area contributed by atoms with Gasteiger partial charge in [0, 0.05) is 11.4 Å². The second-order valence-corrected chi connectivity index (χ2v) is 5.35. The number of rotatable bonds is 5. The van der Waals surface area contributed by atoms with E-state index in [9.17, 15) is 9.59 Å². The zero-order chi connectivity index (χ0) is 13.7. The highest BCUT2D eigenvalue weighted by molar-refractivity contribution is 9.10. The Morgan fingerprint density at radius 1 is 1.44 bits per heavy atom. The van der Waals surface area contributed by atoms with Crippen LogP contribution in [-0.4, -0.2) is 23.2 Å². The number of carbonyl (C=O) groups excluding carboxylic acids is 2. The van der Waals surface area contributed by atoms with Crippen LogP contribution < -0.4 is 0 Å². The van der Waals surface area contributed by atoms with Crippen molar-refractivity contribution in [2.45, 2.75) is 24.6 Å². The maximum Gasteiger partial charge on any atom is 0.338 e. The maximum atomic E-state index is 11.8. The molecule has 1 unspecified atom stereocenters. The van der Waals surface area contributed by atoms with Gasteiger partial charge in [-0.2, -0.15) is 0 Å². The first kappa shape index (κ1) is 15.2. The summed E-state index contributed by atoms with van der Waals surface area (Å²) in [5.74, 6) is -0.304. The number of Topliss-reactive ketones (excluding diaryl/α,β-unsaturated/α-hetero) is 1.